The van der Waals surface area contributed by atoms with Crippen molar-refractivity contribution in [3.05, 3.63) is 0 Å². The van der Waals surface area contributed by atoms with Crippen LogP contribution in [0.3, 0.4) is 0 Å². The number of ether oxygens (including phenoxy) is 1. The van der Waals surface area contributed by atoms with Crippen LogP contribution < -0.4 is 0 Å². The topological polar surface area (TPSA) is 9.23 Å². The molecule has 0 amide bonds. The molecule has 4 atom stereocenters. The van der Waals surface area contributed by atoms with Gasteiger partial charge in [0, 0.05) is 5.92 Å². The highest BCUT2D eigenvalue weighted by Gasteiger charge is 2.52. The Balaban J connectivity index is 1.28. The van der Waals surface area contributed by atoms with Crippen molar-refractivity contribution >= 4 is 0 Å². The average molecular weight is 501 g/mol. The molecule has 4 rings (SSSR count). The molecular weight excluding hydrogens is 461 g/mol. The van der Waals surface area contributed by atoms with E-state index in [2.05, 4.69) is 11.7 Å². The summed E-state index contributed by atoms with van der Waals surface area (Å²) in [5, 5.41) is 0. The molecule has 0 aromatic rings. The third kappa shape index (κ3) is 6.23. The van der Waals surface area contributed by atoms with Gasteiger partial charge in [0.15, 0.2) is 0 Å². The summed E-state index contributed by atoms with van der Waals surface area (Å²) in [5.74, 6) is 0.441. The molecule has 0 aliphatic heterocycles. The predicted octanol–water partition coefficient (Wildman–Crippen LogP) is 8.31. The first-order valence-electron chi connectivity index (χ1n) is 13.3. The van der Waals surface area contributed by atoms with Gasteiger partial charge < -0.3 is 0 Å². The van der Waals surface area contributed by atoms with E-state index in [1.165, 1.54) is 25.7 Å². The summed E-state index contributed by atoms with van der Waals surface area (Å²) in [7, 11) is 0. The van der Waals surface area contributed by atoms with Gasteiger partial charge in [-0.25, -0.2) is 17.6 Å². The third-order valence-electron chi connectivity index (χ3n) is 9.68. The molecule has 0 bridgehead atoms. The molecule has 1 nitrogen and oxygen atoms in total. The van der Waals surface area contributed by atoms with Crippen molar-refractivity contribution in [3.8, 4) is 0 Å². The van der Waals surface area contributed by atoms with Gasteiger partial charge in [0.1, 0.15) is 30.8 Å². The number of hydrogen-bond donors (Lipinski definition) is 0. The van der Waals surface area contributed by atoms with E-state index in [4.69, 9.17) is 0 Å². The largest absolute Gasteiger partial charge is 0.522 e. The highest BCUT2D eigenvalue weighted by molar-refractivity contribution is 4.98. The van der Waals surface area contributed by atoms with Gasteiger partial charge in [-0.1, -0.05) is 19.8 Å². The summed E-state index contributed by atoms with van der Waals surface area (Å²) in [6.07, 6.45) is -6.12. The quantitative estimate of drug-likeness (QED) is 0.353. The second kappa shape index (κ2) is 10.8. The van der Waals surface area contributed by atoms with Gasteiger partial charge in [0.25, 0.3) is 0 Å². The van der Waals surface area contributed by atoms with Crippen molar-refractivity contribution in [3.63, 3.8) is 0 Å². The maximum atomic E-state index is 15.2. The minimum absolute atomic E-state index is 0.0687. The lowest BCUT2D eigenvalue weighted by atomic mass is 9.62. The Labute approximate surface area is 198 Å². The third-order valence-corrected chi connectivity index (χ3v) is 9.68. The fourth-order valence-electron chi connectivity index (χ4n) is 7.82. The van der Waals surface area contributed by atoms with Gasteiger partial charge in [0.2, 0.25) is 0 Å². The summed E-state index contributed by atoms with van der Waals surface area (Å²) in [6.45, 7) is 2.31. The summed E-state index contributed by atoms with van der Waals surface area (Å²) in [4.78, 5) is 0. The normalized spacial score (nSPS) is 49.1. The summed E-state index contributed by atoms with van der Waals surface area (Å²) in [6, 6.07) is 0. The fourth-order valence-corrected chi connectivity index (χ4v) is 7.82. The zero-order chi connectivity index (χ0) is 24.6. The number of halogens is 7. The molecule has 0 radical (unpaired) electrons. The van der Waals surface area contributed by atoms with Crippen LogP contribution in [-0.2, 0) is 4.74 Å². The molecular formula is C26H39F7O. The number of rotatable bonds is 4. The Morgan fingerprint density at radius 2 is 0.912 bits per heavy atom. The lowest BCUT2D eigenvalue weighted by molar-refractivity contribution is -0.358. The Morgan fingerprint density at radius 3 is 1.35 bits per heavy atom. The molecule has 4 saturated carbocycles. The first kappa shape index (κ1) is 26.5. The Morgan fingerprint density at radius 1 is 0.529 bits per heavy atom. The molecule has 198 valence electrons. The molecule has 34 heavy (non-hydrogen) atoms. The second-order valence-electron chi connectivity index (χ2n) is 11.8. The molecule has 0 aromatic carbocycles. The Kier molecular flexibility index (Phi) is 8.46. The standard InChI is InChI=1S/C26H39F7O/c1-14-2-4-15(5-3-14)16-6-8-17(9-7-16)18-10-20(27)24(21(28)11-18)19-12-22(29)25(23(30)13-19)34-26(31,32)33/h14-25H,2-13H2,1H3. The van der Waals surface area contributed by atoms with Gasteiger partial charge in [0.05, 0.1) is 0 Å². The van der Waals surface area contributed by atoms with Crippen LogP contribution in [0.1, 0.15) is 84.0 Å². The summed E-state index contributed by atoms with van der Waals surface area (Å²) >= 11 is 0. The predicted molar refractivity (Wildman–Crippen MR) is 116 cm³/mol. The van der Waals surface area contributed by atoms with Crippen LogP contribution in [0.15, 0.2) is 0 Å². The van der Waals surface area contributed by atoms with E-state index < -0.39 is 61.8 Å². The fraction of sp³-hybridized carbons (Fsp3) is 1.00. The van der Waals surface area contributed by atoms with E-state index in [1.54, 1.807) is 0 Å². The van der Waals surface area contributed by atoms with Crippen LogP contribution in [0.5, 0.6) is 0 Å². The molecule has 0 heterocycles. The van der Waals surface area contributed by atoms with Crippen LogP contribution >= 0.6 is 0 Å². The Hall–Kier alpha value is -0.530. The van der Waals surface area contributed by atoms with Crippen molar-refractivity contribution in [2.45, 2.75) is 121 Å². The molecule has 8 heteroatoms. The first-order chi connectivity index (χ1) is 16.0. The molecule has 4 unspecified atom stereocenters. The molecule has 0 saturated heterocycles. The van der Waals surface area contributed by atoms with Crippen LogP contribution in [0, 0.1) is 41.4 Å². The van der Waals surface area contributed by atoms with Gasteiger partial charge in [-0.2, -0.15) is 0 Å². The van der Waals surface area contributed by atoms with E-state index >= 15 is 8.78 Å². The average Bonchev–Trinajstić information content (AvgIpc) is 2.76. The smallest absolute Gasteiger partial charge is 0.282 e. The van der Waals surface area contributed by atoms with Crippen molar-refractivity contribution in [2.24, 2.45) is 41.4 Å². The molecule has 4 aliphatic carbocycles. The monoisotopic (exact) mass is 500 g/mol. The van der Waals surface area contributed by atoms with Gasteiger partial charge in [-0.3, -0.25) is 4.74 Å². The van der Waals surface area contributed by atoms with Crippen molar-refractivity contribution < 1.29 is 35.5 Å². The zero-order valence-corrected chi connectivity index (χ0v) is 20.0. The molecule has 4 aliphatic rings. The maximum Gasteiger partial charge on any atom is 0.522 e. The highest BCUT2D eigenvalue weighted by Crippen LogP contribution is 2.50. The summed E-state index contributed by atoms with van der Waals surface area (Å²) in [5.41, 5.74) is 0. The van der Waals surface area contributed by atoms with Gasteiger partial charge in [-0.05, 0) is 99.7 Å². The van der Waals surface area contributed by atoms with E-state index in [-0.39, 0.29) is 24.7 Å². The van der Waals surface area contributed by atoms with Gasteiger partial charge in [-0.15, -0.1) is 13.2 Å². The van der Waals surface area contributed by atoms with E-state index in [1.807, 2.05) is 0 Å². The van der Waals surface area contributed by atoms with E-state index in [0.29, 0.717) is 0 Å². The first-order valence-corrected chi connectivity index (χ1v) is 13.3. The maximum absolute atomic E-state index is 15.2. The molecule has 4 fully saturated rings. The van der Waals surface area contributed by atoms with Crippen LogP contribution in [0.4, 0.5) is 30.7 Å². The summed E-state index contributed by atoms with van der Waals surface area (Å²) < 4.78 is 100. The van der Waals surface area contributed by atoms with Crippen molar-refractivity contribution in [1.82, 2.24) is 0 Å². The molecule has 0 aromatic heterocycles. The van der Waals surface area contributed by atoms with Crippen molar-refractivity contribution in [1.29, 1.82) is 0 Å². The number of alkyl halides is 7. The molecule has 0 N–H and O–H groups in total. The van der Waals surface area contributed by atoms with Crippen LogP contribution in [0.25, 0.3) is 0 Å². The lowest BCUT2D eigenvalue weighted by Crippen LogP contribution is -2.50. The van der Waals surface area contributed by atoms with Crippen LogP contribution in [0.2, 0.25) is 0 Å². The second-order valence-corrected chi connectivity index (χ2v) is 11.8. The minimum Gasteiger partial charge on any atom is -0.282 e. The van der Waals surface area contributed by atoms with Crippen molar-refractivity contribution in [2.75, 3.05) is 0 Å². The minimum atomic E-state index is -5.15. The van der Waals surface area contributed by atoms with E-state index in [0.717, 1.165) is 43.4 Å². The van der Waals surface area contributed by atoms with E-state index in [9.17, 15) is 22.0 Å². The SMILES string of the molecule is CC1CCC(C2CCC(C3CC(F)C(C4CC(F)C(OC(F)(F)F)C(F)C4)C(F)C3)CC2)CC1. The zero-order valence-electron chi connectivity index (χ0n) is 20.0. The van der Waals surface area contributed by atoms with Gasteiger partial charge >= 0.3 is 6.36 Å². The molecule has 0 spiro atoms. The number of hydrogen-bond acceptors (Lipinski definition) is 1. The lowest BCUT2D eigenvalue weighted by Gasteiger charge is -2.46. The highest BCUT2D eigenvalue weighted by atomic mass is 19.4. The van der Waals surface area contributed by atoms with Crippen LogP contribution in [-0.4, -0.2) is 37.2 Å². The Bertz CT molecular complexity index is 618.